The minimum atomic E-state index is 0.983. The van der Waals surface area contributed by atoms with Crippen molar-refractivity contribution >= 4 is 5.69 Å². The Kier molecular flexibility index (Phi) is 3.11. The summed E-state index contributed by atoms with van der Waals surface area (Å²) in [6, 6.07) is 6.39. The molecule has 3 heteroatoms. The van der Waals surface area contributed by atoms with Crippen molar-refractivity contribution in [3.63, 3.8) is 0 Å². The van der Waals surface area contributed by atoms with E-state index in [4.69, 9.17) is 4.74 Å². The number of ether oxygens (including phenoxy) is 1. The average Bonchev–Trinajstić information content (AvgIpc) is 2.30. The molecule has 1 aromatic carbocycles. The van der Waals surface area contributed by atoms with Gasteiger partial charge in [0.1, 0.15) is 5.75 Å². The standard InChI is InChI=1S/C12H18N2O/c1-10-3-4-11(12(9-10)15-2)14-7-5-13-6-8-14/h3-4,9,13H,5-8H2,1-2H3. The van der Waals surface area contributed by atoms with E-state index in [0.717, 1.165) is 31.9 Å². The molecule has 1 N–H and O–H groups in total. The van der Waals surface area contributed by atoms with Crippen molar-refractivity contribution in [3.05, 3.63) is 23.8 Å². The number of rotatable bonds is 2. The Balaban J connectivity index is 2.25. The van der Waals surface area contributed by atoms with Crippen LogP contribution in [0.1, 0.15) is 5.56 Å². The van der Waals surface area contributed by atoms with Crippen LogP contribution in [0.15, 0.2) is 18.2 Å². The molecule has 0 radical (unpaired) electrons. The van der Waals surface area contributed by atoms with Gasteiger partial charge in [-0.1, -0.05) is 6.07 Å². The van der Waals surface area contributed by atoms with Crippen LogP contribution in [0.3, 0.4) is 0 Å². The highest BCUT2D eigenvalue weighted by molar-refractivity contribution is 5.60. The molecule has 1 fully saturated rings. The molecule has 0 spiro atoms. The molecule has 1 aliphatic heterocycles. The molecule has 0 amide bonds. The Labute approximate surface area is 91.0 Å². The van der Waals surface area contributed by atoms with E-state index >= 15 is 0 Å². The van der Waals surface area contributed by atoms with Crippen LogP contribution in [0.4, 0.5) is 5.69 Å². The monoisotopic (exact) mass is 206 g/mol. The lowest BCUT2D eigenvalue weighted by molar-refractivity contribution is 0.412. The number of benzene rings is 1. The Morgan fingerprint density at radius 3 is 2.67 bits per heavy atom. The molecular formula is C12H18N2O. The van der Waals surface area contributed by atoms with Crippen molar-refractivity contribution in [2.75, 3.05) is 38.2 Å². The molecule has 15 heavy (non-hydrogen) atoms. The first-order valence-electron chi connectivity index (χ1n) is 5.41. The number of nitrogens with one attached hydrogen (secondary N) is 1. The van der Waals surface area contributed by atoms with Crippen molar-refractivity contribution in [1.29, 1.82) is 0 Å². The average molecular weight is 206 g/mol. The highest BCUT2D eigenvalue weighted by atomic mass is 16.5. The van der Waals surface area contributed by atoms with Gasteiger partial charge in [-0.15, -0.1) is 0 Å². The molecule has 0 aromatic heterocycles. The number of hydrogen-bond donors (Lipinski definition) is 1. The van der Waals surface area contributed by atoms with Crippen LogP contribution in [0, 0.1) is 6.92 Å². The van der Waals surface area contributed by atoms with Gasteiger partial charge < -0.3 is 15.0 Å². The maximum atomic E-state index is 5.42. The number of hydrogen-bond acceptors (Lipinski definition) is 3. The Bertz CT molecular complexity index is 332. The molecule has 0 atom stereocenters. The Morgan fingerprint density at radius 2 is 2.00 bits per heavy atom. The van der Waals surface area contributed by atoms with Crippen molar-refractivity contribution in [2.24, 2.45) is 0 Å². The first-order chi connectivity index (χ1) is 7.31. The maximum Gasteiger partial charge on any atom is 0.142 e. The SMILES string of the molecule is COc1cc(C)ccc1N1CCNCC1. The van der Waals surface area contributed by atoms with Crippen LogP contribution >= 0.6 is 0 Å². The first-order valence-corrected chi connectivity index (χ1v) is 5.41. The molecular weight excluding hydrogens is 188 g/mol. The van der Waals surface area contributed by atoms with E-state index in [0.29, 0.717) is 0 Å². The summed E-state index contributed by atoms with van der Waals surface area (Å²) in [6.45, 7) is 6.30. The maximum absolute atomic E-state index is 5.42. The smallest absolute Gasteiger partial charge is 0.142 e. The van der Waals surface area contributed by atoms with Gasteiger partial charge in [-0.05, 0) is 24.6 Å². The fraction of sp³-hybridized carbons (Fsp3) is 0.500. The van der Waals surface area contributed by atoms with Gasteiger partial charge in [0.05, 0.1) is 12.8 Å². The second-order valence-corrected chi connectivity index (χ2v) is 3.91. The second-order valence-electron chi connectivity index (χ2n) is 3.91. The second kappa shape index (κ2) is 4.53. The molecule has 0 saturated carbocycles. The normalized spacial score (nSPS) is 16.5. The third-order valence-corrected chi connectivity index (χ3v) is 2.79. The molecule has 1 saturated heterocycles. The number of methoxy groups -OCH3 is 1. The molecule has 0 aliphatic carbocycles. The molecule has 0 unspecified atom stereocenters. The predicted molar refractivity (Wildman–Crippen MR) is 62.8 cm³/mol. The lowest BCUT2D eigenvalue weighted by atomic mass is 10.2. The van der Waals surface area contributed by atoms with Crippen molar-refractivity contribution in [1.82, 2.24) is 5.32 Å². The van der Waals surface area contributed by atoms with Crippen molar-refractivity contribution in [3.8, 4) is 5.75 Å². The predicted octanol–water partition coefficient (Wildman–Crippen LogP) is 1.41. The molecule has 1 aliphatic rings. The molecule has 0 bridgehead atoms. The van der Waals surface area contributed by atoms with E-state index < -0.39 is 0 Å². The van der Waals surface area contributed by atoms with Crippen LogP contribution in [0.25, 0.3) is 0 Å². The summed E-state index contributed by atoms with van der Waals surface area (Å²) in [5.74, 6) is 0.983. The first kappa shape index (κ1) is 10.3. The van der Waals surface area contributed by atoms with Gasteiger partial charge >= 0.3 is 0 Å². The van der Waals surface area contributed by atoms with E-state index in [-0.39, 0.29) is 0 Å². The fourth-order valence-electron chi connectivity index (χ4n) is 1.95. The third-order valence-electron chi connectivity index (χ3n) is 2.79. The number of anilines is 1. The number of nitrogens with zero attached hydrogens (tertiary/aromatic N) is 1. The minimum Gasteiger partial charge on any atom is -0.495 e. The fourth-order valence-corrected chi connectivity index (χ4v) is 1.95. The zero-order valence-electron chi connectivity index (χ0n) is 9.42. The Hall–Kier alpha value is -1.22. The highest BCUT2D eigenvalue weighted by Crippen LogP contribution is 2.29. The Morgan fingerprint density at radius 1 is 1.27 bits per heavy atom. The lowest BCUT2D eigenvalue weighted by Gasteiger charge is -2.30. The van der Waals surface area contributed by atoms with E-state index in [1.54, 1.807) is 7.11 Å². The van der Waals surface area contributed by atoms with Crippen molar-refractivity contribution < 1.29 is 4.74 Å². The zero-order valence-corrected chi connectivity index (χ0v) is 9.42. The van der Waals surface area contributed by atoms with Gasteiger partial charge in [-0.2, -0.15) is 0 Å². The summed E-state index contributed by atoms with van der Waals surface area (Å²) >= 11 is 0. The third kappa shape index (κ3) is 2.23. The van der Waals surface area contributed by atoms with E-state index in [2.05, 4.69) is 35.3 Å². The lowest BCUT2D eigenvalue weighted by Crippen LogP contribution is -2.43. The molecule has 1 aromatic rings. The van der Waals surface area contributed by atoms with Crippen LogP contribution in [-0.4, -0.2) is 33.3 Å². The van der Waals surface area contributed by atoms with Crippen LogP contribution in [0.2, 0.25) is 0 Å². The van der Waals surface area contributed by atoms with Gasteiger partial charge in [0.25, 0.3) is 0 Å². The van der Waals surface area contributed by atoms with Crippen LogP contribution in [0.5, 0.6) is 5.75 Å². The van der Waals surface area contributed by atoms with E-state index in [1.807, 2.05) is 0 Å². The summed E-state index contributed by atoms with van der Waals surface area (Å²) < 4.78 is 5.42. The molecule has 2 rings (SSSR count). The minimum absolute atomic E-state index is 0.983. The summed E-state index contributed by atoms with van der Waals surface area (Å²) in [5.41, 5.74) is 2.45. The molecule has 1 heterocycles. The summed E-state index contributed by atoms with van der Waals surface area (Å²) in [7, 11) is 1.74. The highest BCUT2D eigenvalue weighted by Gasteiger charge is 2.14. The quantitative estimate of drug-likeness (QED) is 0.792. The van der Waals surface area contributed by atoms with Crippen molar-refractivity contribution in [2.45, 2.75) is 6.92 Å². The van der Waals surface area contributed by atoms with Gasteiger partial charge in [0.2, 0.25) is 0 Å². The summed E-state index contributed by atoms with van der Waals surface area (Å²) in [5, 5.41) is 3.35. The van der Waals surface area contributed by atoms with Crippen LogP contribution in [-0.2, 0) is 0 Å². The van der Waals surface area contributed by atoms with E-state index in [9.17, 15) is 0 Å². The van der Waals surface area contributed by atoms with Gasteiger partial charge in [-0.25, -0.2) is 0 Å². The van der Waals surface area contributed by atoms with Gasteiger partial charge in [-0.3, -0.25) is 0 Å². The number of piperazine rings is 1. The summed E-state index contributed by atoms with van der Waals surface area (Å²) in [4.78, 5) is 2.37. The molecule has 3 nitrogen and oxygen atoms in total. The van der Waals surface area contributed by atoms with Gasteiger partial charge in [0.15, 0.2) is 0 Å². The number of aryl methyl sites for hydroxylation is 1. The van der Waals surface area contributed by atoms with Crippen LogP contribution < -0.4 is 15.0 Å². The topological polar surface area (TPSA) is 24.5 Å². The largest absolute Gasteiger partial charge is 0.495 e. The van der Waals surface area contributed by atoms with E-state index in [1.165, 1.54) is 11.3 Å². The summed E-state index contributed by atoms with van der Waals surface area (Å²) in [6.07, 6.45) is 0. The zero-order chi connectivity index (χ0) is 10.7. The van der Waals surface area contributed by atoms with Gasteiger partial charge in [0, 0.05) is 26.2 Å². The molecule has 82 valence electrons.